The second-order valence-corrected chi connectivity index (χ2v) is 8.97. The zero-order chi connectivity index (χ0) is 25.5. The Kier molecular flexibility index (Phi) is 8.13. The number of benzene rings is 3. The number of hydrogen-bond acceptors (Lipinski definition) is 4. The van der Waals surface area contributed by atoms with Gasteiger partial charge in [0.1, 0.15) is 6.10 Å². The number of rotatable bonds is 8. The van der Waals surface area contributed by atoms with Crippen molar-refractivity contribution >= 4 is 29.1 Å². The molecule has 1 heterocycles. The molecule has 1 aliphatic rings. The quantitative estimate of drug-likeness (QED) is 0.461. The molecule has 3 amide bonds. The van der Waals surface area contributed by atoms with Crippen LogP contribution in [0.4, 0.5) is 11.4 Å². The summed E-state index contributed by atoms with van der Waals surface area (Å²) in [5.74, 6) is -0.509. The van der Waals surface area contributed by atoms with Gasteiger partial charge >= 0.3 is 0 Å². The van der Waals surface area contributed by atoms with Crippen molar-refractivity contribution in [3.8, 4) is 0 Å². The SMILES string of the molecule is CC(=O)Nc1cccc(C(C)N(Cc2ccccc2)C(=O)c2cccc(NC(=O)C3CCCO3)c2)c1. The Hall–Kier alpha value is -3.97. The topological polar surface area (TPSA) is 87.7 Å². The standard InChI is InChI=1S/C29H31N3O4/c1-20(23-11-6-13-25(17-23)30-21(2)33)32(19-22-9-4-3-5-10-22)29(35)24-12-7-14-26(18-24)31-28(34)27-15-8-16-36-27/h3-7,9-14,17-18,20,27H,8,15-16,19H2,1-2H3,(H,30,33)(H,31,34). The van der Waals surface area contributed by atoms with Gasteiger partial charge in [0, 0.05) is 37.0 Å². The number of carbonyl (C=O) groups excluding carboxylic acids is 3. The van der Waals surface area contributed by atoms with Gasteiger partial charge in [-0.25, -0.2) is 0 Å². The second-order valence-electron chi connectivity index (χ2n) is 8.97. The van der Waals surface area contributed by atoms with Gasteiger partial charge in [-0.1, -0.05) is 48.5 Å². The number of carbonyl (C=O) groups is 3. The summed E-state index contributed by atoms with van der Waals surface area (Å²) in [5, 5.41) is 5.68. The van der Waals surface area contributed by atoms with Gasteiger partial charge < -0.3 is 20.3 Å². The van der Waals surface area contributed by atoms with E-state index in [0.29, 0.717) is 36.5 Å². The van der Waals surface area contributed by atoms with Crippen LogP contribution in [0.15, 0.2) is 78.9 Å². The van der Waals surface area contributed by atoms with Crippen molar-refractivity contribution in [2.24, 2.45) is 0 Å². The Labute approximate surface area is 211 Å². The number of anilines is 2. The van der Waals surface area contributed by atoms with Crippen LogP contribution in [-0.4, -0.2) is 35.3 Å². The van der Waals surface area contributed by atoms with Crippen LogP contribution in [0.3, 0.4) is 0 Å². The number of nitrogens with zero attached hydrogens (tertiary/aromatic N) is 1. The van der Waals surface area contributed by atoms with E-state index in [1.165, 1.54) is 6.92 Å². The first-order valence-electron chi connectivity index (χ1n) is 12.2. The Morgan fingerprint density at radius 1 is 0.944 bits per heavy atom. The Morgan fingerprint density at radius 2 is 1.67 bits per heavy atom. The second kappa shape index (κ2) is 11.6. The zero-order valence-electron chi connectivity index (χ0n) is 20.6. The molecule has 0 aliphatic carbocycles. The molecule has 7 nitrogen and oxygen atoms in total. The first kappa shape index (κ1) is 25.1. The monoisotopic (exact) mass is 485 g/mol. The molecule has 0 aromatic heterocycles. The van der Waals surface area contributed by atoms with Crippen LogP contribution in [-0.2, 0) is 20.9 Å². The average molecular weight is 486 g/mol. The highest BCUT2D eigenvalue weighted by Gasteiger charge is 2.26. The van der Waals surface area contributed by atoms with Gasteiger partial charge in [0.25, 0.3) is 11.8 Å². The lowest BCUT2D eigenvalue weighted by molar-refractivity contribution is -0.124. The number of amides is 3. The summed E-state index contributed by atoms with van der Waals surface area (Å²) in [5.41, 5.74) is 3.60. The Balaban J connectivity index is 1.60. The smallest absolute Gasteiger partial charge is 0.254 e. The fourth-order valence-electron chi connectivity index (χ4n) is 4.33. The minimum Gasteiger partial charge on any atom is -0.368 e. The minimum atomic E-state index is -0.449. The molecule has 0 radical (unpaired) electrons. The summed E-state index contributed by atoms with van der Waals surface area (Å²) < 4.78 is 5.47. The van der Waals surface area contributed by atoms with Crippen LogP contribution >= 0.6 is 0 Å². The van der Waals surface area contributed by atoms with Crippen LogP contribution in [0.2, 0.25) is 0 Å². The third-order valence-corrected chi connectivity index (χ3v) is 6.21. The van der Waals surface area contributed by atoms with Crippen molar-refractivity contribution < 1.29 is 19.1 Å². The van der Waals surface area contributed by atoms with Gasteiger partial charge in [-0.2, -0.15) is 0 Å². The van der Waals surface area contributed by atoms with Crippen molar-refractivity contribution in [3.05, 3.63) is 95.6 Å². The van der Waals surface area contributed by atoms with Gasteiger partial charge in [0.2, 0.25) is 5.91 Å². The van der Waals surface area contributed by atoms with E-state index in [1.807, 2.05) is 61.5 Å². The summed E-state index contributed by atoms with van der Waals surface area (Å²) in [4.78, 5) is 39.7. The van der Waals surface area contributed by atoms with E-state index in [9.17, 15) is 14.4 Å². The summed E-state index contributed by atoms with van der Waals surface area (Å²) >= 11 is 0. The van der Waals surface area contributed by atoms with Crippen LogP contribution in [0, 0.1) is 0 Å². The molecule has 0 spiro atoms. The fraction of sp³-hybridized carbons (Fsp3) is 0.276. The van der Waals surface area contributed by atoms with Gasteiger partial charge in [0.15, 0.2) is 0 Å². The van der Waals surface area contributed by atoms with Crippen molar-refractivity contribution in [1.29, 1.82) is 0 Å². The molecule has 4 rings (SSSR count). The van der Waals surface area contributed by atoms with E-state index in [-0.39, 0.29) is 23.8 Å². The van der Waals surface area contributed by atoms with Crippen molar-refractivity contribution in [2.45, 2.75) is 45.4 Å². The molecule has 2 unspecified atom stereocenters. The maximum Gasteiger partial charge on any atom is 0.254 e. The van der Waals surface area contributed by atoms with Crippen LogP contribution in [0.1, 0.15) is 54.2 Å². The number of ether oxygens (including phenoxy) is 1. The van der Waals surface area contributed by atoms with Gasteiger partial charge in [-0.05, 0) is 61.2 Å². The van der Waals surface area contributed by atoms with E-state index < -0.39 is 6.10 Å². The largest absolute Gasteiger partial charge is 0.368 e. The van der Waals surface area contributed by atoms with Gasteiger partial charge in [-0.3, -0.25) is 14.4 Å². The van der Waals surface area contributed by atoms with E-state index >= 15 is 0 Å². The van der Waals surface area contributed by atoms with Crippen LogP contribution < -0.4 is 10.6 Å². The maximum absolute atomic E-state index is 13.8. The summed E-state index contributed by atoms with van der Waals surface area (Å²) in [6.07, 6.45) is 1.12. The Morgan fingerprint density at radius 3 is 2.36 bits per heavy atom. The summed E-state index contributed by atoms with van der Waals surface area (Å²) in [7, 11) is 0. The molecule has 3 aromatic carbocycles. The van der Waals surface area contributed by atoms with Crippen molar-refractivity contribution in [1.82, 2.24) is 4.90 Å². The molecule has 36 heavy (non-hydrogen) atoms. The molecule has 1 fully saturated rings. The van der Waals surface area contributed by atoms with Crippen LogP contribution in [0.25, 0.3) is 0 Å². The Bertz CT molecular complexity index is 1220. The molecule has 1 aliphatic heterocycles. The first-order chi connectivity index (χ1) is 17.4. The molecule has 7 heteroatoms. The zero-order valence-corrected chi connectivity index (χ0v) is 20.6. The molecule has 2 N–H and O–H groups in total. The summed E-state index contributed by atoms with van der Waals surface area (Å²) in [6, 6.07) is 24.0. The van der Waals surface area contributed by atoms with Gasteiger partial charge in [0.05, 0.1) is 6.04 Å². The molecular formula is C29H31N3O4. The summed E-state index contributed by atoms with van der Waals surface area (Å²) in [6.45, 7) is 4.42. The lowest BCUT2D eigenvalue weighted by Crippen LogP contribution is -2.33. The maximum atomic E-state index is 13.8. The lowest BCUT2D eigenvalue weighted by Gasteiger charge is -2.30. The highest BCUT2D eigenvalue weighted by molar-refractivity contribution is 5.98. The van der Waals surface area contributed by atoms with E-state index in [0.717, 1.165) is 17.5 Å². The molecule has 0 saturated carbocycles. The van der Waals surface area contributed by atoms with E-state index in [1.54, 1.807) is 29.2 Å². The predicted octanol–water partition coefficient (Wildman–Crippen LogP) is 5.17. The molecular weight excluding hydrogens is 454 g/mol. The fourth-order valence-corrected chi connectivity index (χ4v) is 4.33. The molecule has 1 saturated heterocycles. The minimum absolute atomic E-state index is 0.154. The number of nitrogens with one attached hydrogen (secondary N) is 2. The molecule has 0 bridgehead atoms. The third kappa shape index (κ3) is 6.37. The normalized spacial score (nSPS) is 15.7. The van der Waals surface area contributed by atoms with E-state index in [4.69, 9.17) is 4.74 Å². The highest BCUT2D eigenvalue weighted by atomic mass is 16.5. The highest BCUT2D eigenvalue weighted by Crippen LogP contribution is 2.27. The lowest BCUT2D eigenvalue weighted by atomic mass is 10.0. The molecule has 186 valence electrons. The van der Waals surface area contributed by atoms with Gasteiger partial charge in [-0.15, -0.1) is 0 Å². The van der Waals surface area contributed by atoms with E-state index in [2.05, 4.69) is 10.6 Å². The first-order valence-corrected chi connectivity index (χ1v) is 12.2. The van der Waals surface area contributed by atoms with Crippen molar-refractivity contribution in [3.63, 3.8) is 0 Å². The van der Waals surface area contributed by atoms with Crippen LogP contribution in [0.5, 0.6) is 0 Å². The molecule has 3 aromatic rings. The average Bonchev–Trinajstić information content (AvgIpc) is 3.42. The predicted molar refractivity (Wildman–Crippen MR) is 140 cm³/mol. The third-order valence-electron chi connectivity index (χ3n) is 6.21. The number of hydrogen-bond donors (Lipinski definition) is 2. The van der Waals surface area contributed by atoms with Crippen molar-refractivity contribution in [2.75, 3.05) is 17.2 Å². The molecule has 2 atom stereocenters.